The van der Waals surface area contributed by atoms with E-state index in [0.29, 0.717) is 25.1 Å². The number of halogens is 1. The van der Waals surface area contributed by atoms with Crippen molar-refractivity contribution in [3.63, 3.8) is 0 Å². The van der Waals surface area contributed by atoms with Crippen LogP contribution in [0.25, 0.3) is 0 Å². The van der Waals surface area contributed by atoms with Crippen LogP contribution in [0, 0.1) is 5.92 Å². The Balaban J connectivity index is 2.37. The summed E-state index contributed by atoms with van der Waals surface area (Å²) in [5, 5.41) is 3.13. The van der Waals surface area contributed by atoms with Crippen molar-refractivity contribution >= 4 is 39.1 Å². The fraction of sp³-hybridized carbons (Fsp3) is 0.462. The smallest absolute Gasteiger partial charge is 0.244 e. The highest BCUT2D eigenvalue weighted by Crippen LogP contribution is 2.30. The number of amides is 2. The van der Waals surface area contributed by atoms with E-state index >= 15 is 0 Å². The number of carbonyl (C=O) groups excluding carboxylic acids is 2. The van der Waals surface area contributed by atoms with Gasteiger partial charge in [0.1, 0.15) is 18.3 Å². The molecule has 2 rings (SSSR count). The first-order valence-corrected chi connectivity index (χ1v) is 14.1. The van der Waals surface area contributed by atoms with Gasteiger partial charge in [0, 0.05) is 13.1 Å². The van der Waals surface area contributed by atoms with Gasteiger partial charge in [0.05, 0.1) is 24.1 Å². The number of methoxy groups -OCH3 is 1. The Morgan fingerprint density at radius 3 is 2.31 bits per heavy atom. The molecule has 0 radical (unpaired) electrons. The summed E-state index contributed by atoms with van der Waals surface area (Å²) in [5.41, 5.74) is 1.24. The minimum absolute atomic E-state index is 0.219. The summed E-state index contributed by atoms with van der Waals surface area (Å²) in [5.74, 6) is -0.0983. The van der Waals surface area contributed by atoms with Crippen molar-refractivity contribution in [1.82, 2.24) is 10.2 Å². The van der Waals surface area contributed by atoms with Crippen LogP contribution in [-0.4, -0.2) is 64.2 Å². The lowest BCUT2D eigenvalue weighted by molar-refractivity contribution is -0.139. The number of ether oxygens (including phenoxy) is 1. The molecule has 0 aliphatic rings. The molecule has 2 aromatic carbocycles. The Kier molecular flexibility index (Phi) is 11.0. The maximum atomic E-state index is 13.6. The van der Waals surface area contributed by atoms with Gasteiger partial charge < -0.3 is 15.0 Å². The van der Waals surface area contributed by atoms with E-state index in [9.17, 15) is 18.0 Å². The molecule has 0 bridgehead atoms. The first-order chi connectivity index (χ1) is 17.0. The van der Waals surface area contributed by atoms with Gasteiger partial charge >= 0.3 is 0 Å². The average molecular weight is 538 g/mol. The van der Waals surface area contributed by atoms with Crippen molar-refractivity contribution in [1.29, 1.82) is 0 Å². The van der Waals surface area contributed by atoms with E-state index in [1.807, 2.05) is 51.1 Å². The van der Waals surface area contributed by atoms with Crippen LogP contribution in [0.5, 0.6) is 5.75 Å². The van der Waals surface area contributed by atoms with E-state index in [0.717, 1.165) is 16.1 Å². The lowest BCUT2D eigenvalue weighted by Gasteiger charge is -2.33. The fourth-order valence-electron chi connectivity index (χ4n) is 3.74. The summed E-state index contributed by atoms with van der Waals surface area (Å²) in [6, 6.07) is 13.4. The van der Waals surface area contributed by atoms with Crippen LogP contribution >= 0.6 is 11.6 Å². The summed E-state index contributed by atoms with van der Waals surface area (Å²) in [6.07, 6.45) is 1.94. The van der Waals surface area contributed by atoms with E-state index in [2.05, 4.69) is 5.32 Å². The van der Waals surface area contributed by atoms with Crippen LogP contribution in [0.4, 0.5) is 5.69 Å². The first kappa shape index (κ1) is 29.5. The second-order valence-electron chi connectivity index (χ2n) is 8.97. The molecule has 0 saturated heterocycles. The Morgan fingerprint density at radius 2 is 1.78 bits per heavy atom. The molecule has 36 heavy (non-hydrogen) atoms. The highest BCUT2D eigenvalue weighted by atomic mass is 35.5. The number of carbonyl (C=O) groups is 2. The molecule has 0 fully saturated rings. The number of benzene rings is 2. The first-order valence-electron chi connectivity index (χ1n) is 11.9. The van der Waals surface area contributed by atoms with Crippen molar-refractivity contribution in [2.24, 2.45) is 5.92 Å². The Hall–Kier alpha value is -2.78. The van der Waals surface area contributed by atoms with E-state index in [1.165, 1.54) is 24.1 Å². The van der Waals surface area contributed by atoms with E-state index in [-0.39, 0.29) is 29.1 Å². The van der Waals surface area contributed by atoms with Gasteiger partial charge in [-0.1, -0.05) is 62.7 Å². The number of sulfonamides is 1. The van der Waals surface area contributed by atoms with E-state index in [1.54, 1.807) is 6.07 Å². The van der Waals surface area contributed by atoms with Crippen LogP contribution in [0.1, 0.15) is 32.8 Å². The van der Waals surface area contributed by atoms with Gasteiger partial charge in [-0.2, -0.15) is 0 Å². The third-order valence-corrected chi connectivity index (χ3v) is 7.09. The number of anilines is 1. The summed E-state index contributed by atoms with van der Waals surface area (Å²) in [4.78, 5) is 28.1. The molecular weight excluding hydrogens is 502 g/mol. The van der Waals surface area contributed by atoms with E-state index < -0.39 is 28.5 Å². The summed E-state index contributed by atoms with van der Waals surface area (Å²) >= 11 is 6.22. The minimum atomic E-state index is -3.84. The molecule has 0 aromatic heterocycles. The molecule has 1 N–H and O–H groups in total. The zero-order chi connectivity index (χ0) is 26.9. The van der Waals surface area contributed by atoms with Gasteiger partial charge in [-0.3, -0.25) is 13.9 Å². The second-order valence-corrected chi connectivity index (χ2v) is 11.3. The maximum Gasteiger partial charge on any atom is 0.244 e. The van der Waals surface area contributed by atoms with Crippen LogP contribution in [0.3, 0.4) is 0 Å². The summed E-state index contributed by atoms with van der Waals surface area (Å²) < 4.78 is 31.5. The van der Waals surface area contributed by atoms with Gasteiger partial charge in [0.2, 0.25) is 21.8 Å². The Bertz CT molecular complexity index is 1130. The summed E-state index contributed by atoms with van der Waals surface area (Å²) in [7, 11) is -2.38. The molecule has 0 aliphatic heterocycles. The second kappa shape index (κ2) is 13.5. The molecule has 0 saturated carbocycles. The minimum Gasteiger partial charge on any atom is -0.495 e. The largest absolute Gasteiger partial charge is 0.495 e. The predicted octanol–water partition coefficient (Wildman–Crippen LogP) is 3.74. The van der Waals surface area contributed by atoms with E-state index in [4.69, 9.17) is 16.3 Å². The van der Waals surface area contributed by atoms with Crippen molar-refractivity contribution < 1.29 is 22.7 Å². The zero-order valence-electron chi connectivity index (χ0n) is 21.5. The monoisotopic (exact) mass is 537 g/mol. The normalized spacial score (nSPS) is 12.2. The molecule has 8 nitrogen and oxygen atoms in total. The quantitative estimate of drug-likeness (QED) is 0.420. The number of nitrogens with one attached hydrogen (secondary N) is 1. The van der Waals surface area contributed by atoms with Gasteiger partial charge in [-0.05, 0) is 42.5 Å². The zero-order valence-corrected chi connectivity index (χ0v) is 23.1. The molecule has 2 aromatic rings. The predicted molar refractivity (Wildman–Crippen MR) is 144 cm³/mol. The average Bonchev–Trinajstić information content (AvgIpc) is 2.83. The lowest BCUT2D eigenvalue weighted by atomic mass is 10.1. The van der Waals surface area contributed by atoms with Gasteiger partial charge in [0.25, 0.3) is 0 Å². The molecule has 2 amide bonds. The number of hydrogen-bond donors (Lipinski definition) is 1. The van der Waals surface area contributed by atoms with Crippen LogP contribution < -0.4 is 14.4 Å². The third-order valence-electron chi connectivity index (χ3n) is 5.66. The highest BCUT2D eigenvalue weighted by molar-refractivity contribution is 7.92. The van der Waals surface area contributed by atoms with Crippen LogP contribution in [-0.2, 0) is 26.0 Å². The van der Waals surface area contributed by atoms with Crippen LogP contribution in [0.2, 0.25) is 5.02 Å². The molecule has 0 spiro atoms. The summed E-state index contributed by atoms with van der Waals surface area (Å²) in [6.45, 7) is 6.09. The Morgan fingerprint density at radius 1 is 1.11 bits per heavy atom. The molecule has 198 valence electrons. The number of hydrogen-bond acceptors (Lipinski definition) is 5. The topological polar surface area (TPSA) is 96.0 Å². The van der Waals surface area contributed by atoms with Crippen molar-refractivity contribution in [2.45, 2.75) is 39.7 Å². The molecule has 1 atom stereocenters. The van der Waals surface area contributed by atoms with Crippen molar-refractivity contribution in [3.05, 3.63) is 59.1 Å². The molecule has 0 aliphatic carbocycles. The fourth-order valence-corrected chi connectivity index (χ4v) is 4.84. The number of rotatable bonds is 13. The Labute approximate surface area is 219 Å². The molecule has 10 heteroatoms. The van der Waals surface area contributed by atoms with Gasteiger partial charge in [-0.25, -0.2) is 8.42 Å². The van der Waals surface area contributed by atoms with Gasteiger partial charge in [0.15, 0.2) is 0 Å². The molecule has 0 unspecified atom stereocenters. The van der Waals surface area contributed by atoms with Gasteiger partial charge in [-0.15, -0.1) is 0 Å². The maximum absolute atomic E-state index is 13.6. The lowest BCUT2D eigenvalue weighted by Crippen LogP contribution is -2.53. The van der Waals surface area contributed by atoms with Crippen molar-refractivity contribution in [2.75, 3.05) is 37.3 Å². The molecular formula is C26H36ClN3O5S. The third kappa shape index (κ3) is 8.41. The highest BCUT2D eigenvalue weighted by Gasteiger charge is 2.31. The van der Waals surface area contributed by atoms with Crippen molar-refractivity contribution in [3.8, 4) is 5.75 Å². The van der Waals surface area contributed by atoms with Crippen LogP contribution in [0.15, 0.2) is 48.5 Å². The standard InChI is InChI=1S/C26H36ClN3O5S/c1-6-23(26(32)28-17-19(2)3)29(15-14-20-10-8-7-9-11-20)25(31)18-30(36(5,33)34)21-12-13-24(35-4)22(27)16-21/h7-13,16,19,23H,6,14-15,17-18H2,1-5H3,(H,28,32)/t23-/m1/s1. The SMILES string of the molecule is CC[C@H](C(=O)NCC(C)C)N(CCc1ccccc1)C(=O)CN(c1ccc(OC)c(Cl)c1)S(C)(=O)=O. The number of nitrogens with zero attached hydrogens (tertiary/aromatic N) is 2. The molecule has 0 heterocycles.